The first-order chi connectivity index (χ1) is 12.8. The molecule has 0 aliphatic rings. The fourth-order valence-corrected chi connectivity index (χ4v) is 2.55. The summed E-state index contributed by atoms with van der Waals surface area (Å²) in [6.45, 7) is 6.79. The van der Waals surface area contributed by atoms with E-state index in [2.05, 4.69) is 0 Å². The van der Waals surface area contributed by atoms with Crippen LogP contribution >= 0.6 is 0 Å². The standard InChI is InChI=1S/C21H28N2O4/c1-21(2,3)23(11-12-26-19-10-6-9-18(14-19)25-4)20(24)27-15-16-7-5-8-17(22)13-16/h5-10,13-14H,11-12,15,22H2,1-4H3. The van der Waals surface area contributed by atoms with Crippen molar-refractivity contribution in [3.8, 4) is 11.5 Å². The van der Waals surface area contributed by atoms with Gasteiger partial charge in [-0.25, -0.2) is 4.79 Å². The predicted molar refractivity (Wildman–Crippen MR) is 106 cm³/mol. The molecule has 27 heavy (non-hydrogen) atoms. The van der Waals surface area contributed by atoms with Crippen molar-refractivity contribution in [2.24, 2.45) is 0 Å². The lowest BCUT2D eigenvalue weighted by Gasteiger charge is -2.34. The Morgan fingerprint density at radius 2 is 1.78 bits per heavy atom. The van der Waals surface area contributed by atoms with E-state index in [0.29, 0.717) is 24.6 Å². The van der Waals surface area contributed by atoms with Gasteiger partial charge in [-0.1, -0.05) is 18.2 Å². The first-order valence-corrected chi connectivity index (χ1v) is 8.85. The molecular formula is C21H28N2O4. The van der Waals surface area contributed by atoms with Crippen LogP contribution in [0.2, 0.25) is 0 Å². The lowest BCUT2D eigenvalue weighted by molar-refractivity contribution is 0.0556. The number of nitrogens with zero attached hydrogens (tertiary/aromatic N) is 1. The van der Waals surface area contributed by atoms with Crippen molar-refractivity contribution in [2.45, 2.75) is 32.9 Å². The summed E-state index contributed by atoms with van der Waals surface area (Å²) in [6, 6.07) is 14.7. The van der Waals surface area contributed by atoms with Crippen molar-refractivity contribution in [3.05, 3.63) is 54.1 Å². The van der Waals surface area contributed by atoms with Crippen LogP contribution in [0, 0.1) is 0 Å². The zero-order valence-corrected chi connectivity index (χ0v) is 16.4. The van der Waals surface area contributed by atoms with Crippen LogP contribution in [-0.4, -0.2) is 36.8 Å². The van der Waals surface area contributed by atoms with Crippen molar-refractivity contribution < 1.29 is 19.0 Å². The molecule has 0 saturated heterocycles. The first-order valence-electron chi connectivity index (χ1n) is 8.85. The third kappa shape index (κ3) is 6.40. The van der Waals surface area contributed by atoms with Crippen molar-refractivity contribution in [2.75, 3.05) is 26.0 Å². The third-order valence-corrected chi connectivity index (χ3v) is 3.97. The molecule has 146 valence electrons. The Morgan fingerprint density at radius 3 is 2.44 bits per heavy atom. The summed E-state index contributed by atoms with van der Waals surface area (Å²) < 4.78 is 16.4. The molecule has 2 aromatic rings. The summed E-state index contributed by atoms with van der Waals surface area (Å²) in [5.41, 5.74) is 6.85. The van der Waals surface area contributed by atoms with Gasteiger partial charge in [-0.2, -0.15) is 0 Å². The van der Waals surface area contributed by atoms with Crippen LogP contribution in [0.1, 0.15) is 26.3 Å². The maximum atomic E-state index is 12.6. The average molecular weight is 372 g/mol. The van der Waals surface area contributed by atoms with E-state index < -0.39 is 5.54 Å². The van der Waals surface area contributed by atoms with Crippen molar-refractivity contribution in [1.82, 2.24) is 4.90 Å². The molecule has 1 amide bonds. The molecule has 0 aliphatic carbocycles. The number of rotatable bonds is 7. The molecule has 0 aromatic heterocycles. The maximum absolute atomic E-state index is 12.6. The van der Waals surface area contributed by atoms with Crippen molar-refractivity contribution in [1.29, 1.82) is 0 Å². The second-order valence-corrected chi connectivity index (χ2v) is 7.15. The Bertz CT molecular complexity index is 756. The van der Waals surface area contributed by atoms with Crippen LogP contribution in [0.4, 0.5) is 10.5 Å². The van der Waals surface area contributed by atoms with E-state index in [4.69, 9.17) is 19.9 Å². The highest BCUT2D eigenvalue weighted by molar-refractivity contribution is 5.68. The fraction of sp³-hybridized carbons (Fsp3) is 0.381. The van der Waals surface area contributed by atoms with Gasteiger partial charge in [-0.05, 0) is 50.6 Å². The highest BCUT2D eigenvalue weighted by Gasteiger charge is 2.27. The van der Waals surface area contributed by atoms with Crippen LogP contribution in [-0.2, 0) is 11.3 Å². The molecule has 0 unspecified atom stereocenters. The number of nitrogens with two attached hydrogens (primary N) is 1. The van der Waals surface area contributed by atoms with Gasteiger partial charge in [0.25, 0.3) is 0 Å². The van der Waals surface area contributed by atoms with Crippen molar-refractivity contribution >= 4 is 11.8 Å². The summed E-state index contributed by atoms with van der Waals surface area (Å²) in [6.07, 6.45) is -0.390. The number of hydrogen-bond acceptors (Lipinski definition) is 5. The zero-order chi connectivity index (χ0) is 19.9. The fourth-order valence-electron chi connectivity index (χ4n) is 2.55. The van der Waals surface area contributed by atoms with E-state index in [-0.39, 0.29) is 12.7 Å². The molecule has 0 saturated carbocycles. The number of amides is 1. The number of hydrogen-bond donors (Lipinski definition) is 1. The minimum absolute atomic E-state index is 0.174. The monoisotopic (exact) mass is 372 g/mol. The van der Waals surface area contributed by atoms with Crippen LogP contribution in [0.3, 0.4) is 0 Å². The maximum Gasteiger partial charge on any atom is 0.410 e. The molecule has 0 radical (unpaired) electrons. The smallest absolute Gasteiger partial charge is 0.410 e. The van der Waals surface area contributed by atoms with Gasteiger partial charge in [0.1, 0.15) is 24.7 Å². The Labute approximate surface area is 160 Å². The van der Waals surface area contributed by atoms with Crippen LogP contribution in [0.15, 0.2) is 48.5 Å². The van der Waals surface area contributed by atoms with Gasteiger partial charge >= 0.3 is 6.09 Å². The lowest BCUT2D eigenvalue weighted by atomic mass is 10.1. The van der Waals surface area contributed by atoms with Crippen molar-refractivity contribution in [3.63, 3.8) is 0 Å². The van der Waals surface area contributed by atoms with Gasteiger partial charge in [0, 0.05) is 17.3 Å². The number of carbonyl (C=O) groups is 1. The highest BCUT2D eigenvalue weighted by atomic mass is 16.6. The SMILES string of the molecule is COc1cccc(OCCN(C(=O)OCc2cccc(N)c2)C(C)(C)C)c1. The Balaban J connectivity index is 1.92. The summed E-state index contributed by atoms with van der Waals surface area (Å²) in [4.78, 5) is 14.2. The summed E-state index contributed by atoms with van der Waals surface area (Å²) in [5, 5.41) is 0. The molecular weight excluding hydrogens is 344 g/mol. The van der Waals surface area contributed by atoms with E-state index in [0.717, 1.165) is 11.3 Å². The number of benzene rings is 2. The molecule has 6 nitrogen and oxygen atoms in total. The summed E-state index contributed by atoms with van der Waals surface area (Å²) in [7, 11) is 1.61. The van der Waals surface area contributed by atoms with E-state index in [1.165, 1.54) is 0 Å². The minimum Gasteiger partial charge on any atom is -0.497 e. The van der Waals surface area contributed by atoms with Gasteiger partial charge in [-0.15, -0.1) is 0 Å². The van der Waals surface area contributed by atoms with Crippen LogP contribution in [0.5, 0.6) is 11.5 Å². The molecule has 0 aliphatic heterocycles. The first kappa shape index (κ1) is 20.4. The quantitative estimate of drug-likeness (QED) is 0.741. The molecule has 2 rings (SSSR count). The Morgan fingerprint density at radius 1 is 1.07 bits per heavy atom. The average Bonchev–Trinajstić information content (AvgIpc) is 2.62. The molecule has 2 N–H and O–H groups in total. The number of carbonyl (C=O) groups excluding carboxylic acids is 1. The van der Waals surface area contributed by atoms with E-state index in [1.54, 1.807) is 30.2 Å². The largest absolute Gasteiger partial charge is 0.497 e. The van der Waals surface area contributed by atoms with E-state index in [9.17, 15) is 4.79 Å². The molecule has 0 heterocycles. The number of anilines is 1. The zero-order valence-electron chi connectivity index (χ0n) is 16.4. The number of methoxy groups -OCH3 is 1. The van der Waals surface area contributed by atoms with Gasteiger partial charge in [0.05, 0.1) is 13.7 Å². The highest BCUT2D eigenvalue weighted by Crippen LogP contribution is 2.20. The van der Waals surface area contributed by atoms with Gasteiger partial charge in [0.2, 0.25) is 0 Å². The second-order valence-electron chi connectivity index (χ2n) is 7.15. The van der Waals surface area contributed by atoms with Gasteiger partial charge in [-0.3, -0.25) is 4.90 Å². The topological polar surface area (TPSA) is 74.0 Å². The van der Waals surface area contributed by atoms with Crippen LogP contribution in [0.25, 0.3) is 0 Å². The Hall–Kier alpha value is -2.89. The molecule has 0 atom stereocenters. The molecule has 2 aromatic carbocycles. The number of ether oxygens (including phenoxy) is 3. The minimum atomic E-state index is -0.398. The third-order valence-electron chi connectivity index (χ3n) is 3.97. The molecule has 0 bridgehead atoms. The summed E-state index contributed by atoms with van der Waals surface area (Å²) >= 11 is 0. The van der Waals surface area contributed by atoms with Gasteiger partial charge < -0.3 is 19.9 Å². The van der Waals surface area contributed by atoms with E-state index >= 15 is 0 Å². The molecule has 0 spiro atoms. The van der Waals surface area contributed by atoms with Gasteiger partial charge in [0.15, 0.2) is 0 Å². The number of nitrogen functional groups attached to an aromatic ring is 1. The summed E-state index contributed by atoms with van der Waals surface area (Å²) in [5.74, 6) is 1.41. The second kappa shape index (κ2) is 9.16. The molecule has 0 fully saturated rings. The molecule has 6 heteroatoms. The normalized spacial score (nSPS) is 11.0. The van der Waals surface area contributed by atoms with E-state index in [1.807, 2.05) is 51.1 Å². The lowest BCUT2D eigenvalue weighted by Crippen LogP contribution is -2.47. The predicted octanol–water partition coefficient (Wildman–Crippen LogP) is 4.09. The van der Waals surface area contributed by atoms with Crippen LogP contribution < -0.4 is 15.2 Å². The Kier molecular flexibility index (Phi) is 6.93.